The van der Waals surface area contributed by atoms with Crippen molar-refractivity contribution in [3.05, 3.63) is 39.3 Å². The third kappa shape index (κ3) is 4.53. The Balaban J connectivity index is 1.66. The van der Waals surface area contributed by atoms with E-state index in [0.29, 0.717) is 5.92 Å². The number of thiazole rings is 1. The van der Waals surface area contributed by atoms with Gasteiger partial charge in [-0.25, -0.2) is 4.98 Å². The molecule has 2 heterocycles. The molecular formula is C20H28N4O2S. The van der Waals surface area contributed by atoms with Crippen LogP contribution in [0.4, 0.5) is 0 Å². The van der Waals surface area contributed by atoms with Crippen LogP contribution in [-0.2, 0) is 6.54 Å². The topological polar surface area (TPSA) is 59.0 Å². The maximum absolute atomic E-state index is 5.42. The van der Waals surface area contributed by atoms with Crippen LogP contribution in [-0.4, -0.2) is 50.2 Å². The fourth-order valence-electron chi connectivity index (χ4n) is 3.52. The molecule has 1 aliphatic heterocycles. The van der Waals surface area contributed by atoms with Crippen LogP contribution in [0.15, 0.2) is 23.2 Å². The molecule has 1 aromatic heterocycles. The standard InChI is InChI=1S/C20H28N4O2S/c1-13-19(27-14(2)23-13)11-22-20(21-3)24-7-6-15(12-24)16-8-17(25-4)10-18(9-16)26-5/h8-10,15H,6-7,11-12H2,1-5H3,(H,21,22). The largest absolute Gasteiger partial charge is 0.497 e. The van der Waals surface area contributed by atoms with Gasteiger partial charge in [0.25, 0.3) is 0 Å². The van der Waals surface area contributed by atoms with E-state index in [2.05, 4.69) is 39.2 Å². The molecule has 0 radical (unpaired) electrons. The van der Waals surface area contributed by atoms with Gasteiger partial charge < -0.3 is 19.7 Å². The Labute approximate surface area is 165 Å². The highest BCUT2D eigenvalue weighted by Crippen LogP contribution is 2.33. The van der Waals surface area contributed by atoms with Gasteiger partial charge in [-0.1, -0.05) is 0 Å². The lowest BCUT2D eigenvalue weighted by Crippen LogP contribution is -2.39. The minimum absolute atomic E-state index is 0.430. The summed E-state index contributed by atoms with van der Waals surface area (Å²) in [6, 6.07) is 6.13. The zero-order valence-electron chi connectivity index (χ0n) is 16.7. The van der Waals surface area contributed by atoms with Gasteiger partial charge >= 0.3 is 0 Å². The van der Waals surface area contributed by atoms with Crippen molar-refractivity contribution in [1.82, 2.24) is 15.2 Å². The molecular weight excluding hydrogens is 360 g/mol. The quantitative estimate of drug-likeness (QED) is 0.629. The highest BCUT2D eigenvalue weighted by atomic mass is 32.1. The maximum Gasteiger partial charge on any atom is 0.193 e. The molecule has 2 aromatic rings. The minimum Gasteiger partial charge on any atom is -0.497 e. The Morgan fingerprint density at radius 3 is 2.52 bits per heavy atom. The first-order chi connectivity index (χ1) is 13.0. The molecule has 1 saturated heterocycles. The van der Waals surface area contributed by atoms with Crippen molar-refractivity contribution in [2.45, 2.75) is 32.7 Å². The maximum atomic E-state index is 5.42. The number of aromatic nitrogens is 1. The molecule has 0 spiro atoms. The van der Waals surface area contributed by atoms with Crippen LogP contribution in [0.1, 0.15) is 33.5 Å². The van der Waals surface area contributed by atoms with Crippen LogP contribution >= 0.6 is 11.3 Å². The van der Waals surface area contributed by atoms with E-state index in [0.717, 1.165) is 54.2 Å². The van der Waals surface area contributed by atoms with Gasteiger partial charge in [0, 0.05) is 37.0 Å². The smallest absolute Gasteiger partial charge is 0.193 e. The summed E-state index contributed by atoms with van der Waals surface area (Å²) >= 11 is 1.74. The summed E-state index contributed by atoms with van der Waals surface area (Å²) in [7, 11) is 5.22. The Morgan fingerprint density at radius 2 is 1.96 bits per heavy atom. The number of aryl methyl sites for hydroxylation is 2. The number of methoxy groups -OCH3 is 2. The van der Waals surface area contributed by atoms with E-state index in [1.807, 2.05) is 20.0 Å². The summed E-state index contributed by atoms with van der Waals surface area (Å²) in [6.07, 6.45) is 1.08. The average Bonchev–Trinajstić information content (AvgIpc) is 3.28. The van der Waals surface area contributed by atoms with E-state index in [1.54, 1.807) is 25.6 Å². The molecule has 27 heavy (non-hydrogen) atoms. The number of hydrogen-bond acceptors (Lipinski definition) is 5. The molecule has 0 saturated carbocycles. The summed E-state index contributed by atoms with van der Waals surface area (Å²) in [6.45, 7) is 6.77. The van der Waals surface area contributed by atoms with Gasteiger partial charge in [-0.15, -0.1) is 11.3 Å². The van der Waals surface area contributed by atoms with Crippen LogP contribution in [0, 0.1) is 13.8 Å². The summed E-state index contributed by atoms with van der Waals surface area (Å²) in [4.78, 5) is 12.6. The molecule has 1 N–H and O–H groups in total. The van der Waals surface area contributed by atoms with Crippen LogP contribution < -0.4 is 14.8 Å². The molecule has 7 heteroatoms. The normalized spacial score (nSPS) is 17.3. The molecule has 1 aliphatic rings. The van der Waals surface area contributed by atoms with Gasteiger partial charge in [-0.2, -0.15) is 0 Å². The summed E-state index contributed by atoms with van der Waals surface area (Å²) in [5.41, 5.74) is 2.35. The van der Waals surface area contributed by atoms with E-state index in [-0.39, 0.29) is 0 Å². The number of nitrogens with zero attached hydrogens (tertiary/aromatic N) is 3. The summed E-state index contributed by atoms with van der Waals surface area (Å²) in [5.74, 6) is 3.04. The minimum atomic E-state index is 0.430. The molecule has 1 aromatic carbocycles. The SMILES string of the molecule is CN=C(NCc1sc(C)nc1C)N1CCC(c2cc(OC)cc(OC)c2)C1. The summed E-state index contributed by atoms with van der Waals surface area (Å²) in [5, 5.41) is 4.60. The fourth-order valence-corrected chi connectivity index (χ4v) is 4.40. The number of ether oxygens (including phenoxy) is 2. The molecule has 0 bridgehead atoms. The molecule has 146 valence electrons. The van der Waals surface area contributed by atoms with Crippen molar-refractivity contribution in [1.29, 1.82) is 0 Å². The fraction of sp³-hybridized carbons (Fsp3) is 0.500. The second kappa shape index (κ2) is 8.61. The number of rotatable bonds is 5. The third-order valence-corrected chi connectivity index (χ3v) is 6.02. The summed E-state index contributed by atoms with van der Waals surface area (Å²) < 4.78 is 10.8. The Kier molecular flexibility index (Phi) is 6.21. The molecule has 3 rings (SSSR count). The second-order valence-corrected chi connectivity index (χ2v) is 8.01. The number of benzene rings is 1. The predicted octanol–water partition coefficient (Wildman–Crippen LogP) is 3.34. The van der Waals surface area contributed by atoms with Gasteiger partial charge in [-0.05, 0) is 38.0 Å². The van der Waals surface area contributed by atoms with Gasteiger partial charge in [-0.3, -0.25) is 4.99 Å². The Bertz CT molecular complexity index is 796. The Hall–Kier alpha value is -2.28. The molecule has 0 amide bonds. The van der Waals surface area contributed by atoms with Gasteiger partial charge in [0.15, 0.2) is 5.96 Å². The highest BCUT2D eigenvalue weighted by molar-refractivity contribution is 7.11. The first-order valence-electron chi connectivity index (χ1n) is 9.15. The number of aliphatic imine (C=N–C) groups is 1. The van der Waals surface area contributed by atoms with Crippen molar-refractivity contribution < 1.29 is 9.47 Å². The van der Waals surface area contributed by atoms with Crippen molar-refractivity contribution in [2.24, 2.45) is 4.99 Å². The monoisotopic (exact) mass is 388 g/mol. The van der Waals surface area contributed by atoms with Crippen LogP contribution in [0.25, 0.3) is 0 Å². The van der Waals surface area contributed by atoms with E-state index in [1.165, 1.54) is 10.4 Å². The van der Waals surface area contributed by atoms with E-state index in [9.17, 15) is 0 Å². The number of guanidine groups is 1. The van der Waals surface area contributed by atoms with E-state index in [4.69, 9.17) is 9.47 Å². The van der Waals surface area contributed by atoms with Gasteiger partial charge in [0.05, 0.1) is 31.5 Å². The zero-order chi connectivity index (χ0) is 19.4. The van der Waals surface area contributed by atoms with Crippen molar-refractivity contribution in [2.75, 3.05) is 34.4 Å². The molecule has 1 unspecified atom stereocenters. The molecule has 1 atom stereocenters. The van der Waals surface area contributed by atoms with E-state index < -0.39 is 0 Å². The van der Waals surface area contributed by atoms with Crippen LogP contribution in [0.2, 0.25) is 0 Å². The van der Waals surface area contributed by atoms with Crippen molar-refractivity contribution in [3.8, 4) is 11.5 Å². The lowest BCUT2D eigenvalue weighted by Gasteiger charge is -2.22. The number of hydrogen-bond donors (Lipinski definition) is 1. The average molecular weight is 389 g/mol. The lowest BCUT2D eigenvalue weighted by atomic mass is 9.98. The van der Waals surface area contributed by atoms with Gasteiger partial charge in [0.2, 0.25) is 0 Å². The first-order valence-corrected chi connectivity index (χ1v) is 9.97. The first kappa shape index (κ1) is 19.5. The zero-order valence-corrected chi connectivity index (χ0v) is 17.5. The van der Waals surface area contributed by atoms with Crippen molar-refractivity contribution >= 4 is 17.3 Å². The third-order valence-electron chi connectivity index (χ3n) is 4.95. The Morgan fingerprint density at radius 1 is 1.26 bits per heavy atom. The predicted molar refractivity (Wildman–Crippen MR) is 110 cm³/mol. The second-order valence-electron chi connectivity index (χ2n) is 6.72. The van der Waals surface area contributed by atoms with Crippen LogP contribution in [0.3, 0.4) is 0 Å². The van der Waals surface area contributed by atoms with Gasteiger partial charge in [0.1, 0.15) is 11.5 Å². The lowest BCUT2D eigenvalue weighted by molar-refractivity contribution is 0.392. The number of nitrogens with one attached hydrogen (secondary N) is 1. The van der Waals surface area contributed by atoms with Crippen molar-refractivity contribution in [3.63, 3.8) is 0 Å². The molecule has 0 aliphatic carbocycles. The molecule has 1 fully saturated rings. The number of likely N-dealkylation sites (tertiary alicyclic amines) is 1. The molecule has 6 nitrogen and oxygen atoms in total. The highest BCUT2D eigenvalue weighted by Gasteiger charge is 2.27. The van der Waals surface area contributed by atoms with Crippen LogP contribution in [0.5, 0.6) is 11.5 Å². The van der Waals surface area contributed by atoms with E-state index >= 15 is 0 Å².